The van der Waals surface area contributed by atoms with E-state index in [2.05, 4.69) is 5.32 Å². The van der Waals surface area contributed by atoms with Crippen molar-refractivity contribution < 1.29 is 14.3 Å². The van der Waals surface area contributed by atoms with Crippen LogP contribution in [0.4, 0.5) is 5.69 Å². The number of esters is 1. The molecule has 0 heterocycles. The van der Waals surface area contributed by atoms with Gasteiger partial charge in [-0.2, -0.15) is 0 Å². The molecule has 1 amide bonds. The third-order valence-corrected chi connectivity index (χ3v) is 3.96. The van der Waals surface area contributed by atoms with Crippen LogP contribution in [0.3, 0.4) is 0 Å². The number of ether oxygens (including phenoxy) is 1. The van der Waals surface area contributed by atoms with Crippen LogP contribution in [0.25, 0.3) is 0 Å². The zero-order valence-electron chi connectivity index (χ0n) is 13.1. The van der Waals surface area contributed by atoms with Gasteiger partial charge in [0.1, 0.15) is 0 Å². The molecule has 0 aromatic heterocycles. The number of rotatable bonds is 5. The SMILES string of the molecule is COC(=O)c1cccc(NC(=O)CCc2ccccc2Cl)c1C. The van der Waals surface area contributed by atoms with Gasteiger partial charge in [-0.05, 0) is 42.7 Å². The number of carbonyl (C=O) groups excluding carboxylic acids is 2. The largest absolute Gasteiger partial charge is 0.465 e. The van der Waals surface area contributed by atoms with E-state index in [1.807, 2.05) is 18.2 Å². The van der Waals surface area contributed by atoms with Gasteiger partial charge < -0.3 is 10.1 Å². The molecule has 2 rings (SSSR count). The van der Waals surface area contributed by atoms with Crippen LogP contribution >= 0.6 is 11.6 Å². The Morgan fingerprint density at radius 1 is 1.13 bits per heavy atom. The van der Waals surface area contributed by atoms with Gasteiger partial charge in [-0.25, -0.2) is 4.79 Å². The topological polar surface area (TPSA) is 55.4 Å². The van der Waals surface area contributed by atoms with Crippen LogP contribution in [-0.2, 0) is 16.0 Å². The summed E-state index contributed by atoms with van der Waals surface area (Å²) >= 11 is 6.08. The molecule has 1 N–H and O–H groups in total. The number of halogens is 1. The molecule has 0 aliphatic heterocycles. The molecule has 0 bridgehead atoms. The minimum absolute atomic E-state index is 0.130. The van der Waals surface area contributed by atoms with Gasteiger partial charge in [0.25, 0.3) is 0 Å². The van der Waals surface area contributed by atoms with Gasteiger partial charge in [-0.3, -0.25) is 4.79 Å². The summed E-state index contributed by atoms with van der Waals surface area (Å²) in [6, 6.07) is 12.6. The van der Waals surface area contributed by atoms with E-state index >= 15 is 0 Å². The molecule has 0 spiro atoms. The highest BCUT2D eigenvalue weighted by atomic mass is 35.5. The number of hydrogen-bond donors (Lipinski definition) is 1. The fourth-order valence-electron chi connectivity index (χ4n) is 2.26. The van der Waals surface area contributed by atoms with E-state index in [9.17, 15) is 9.59 Å². The van der Waals surface area contributed by atoms with Crippen molar-refractivity contribution in [3.8, 4) is 0 Å². The summed E-state index contributed by atoms with van der Waals surface area (Å²) in [4.78, 5) is 23.8. The van der Waals surface area contributed by atoms with E-state index in [1.54, 1.807) is 31.2 Å². The minimum Gasteiger partial charge on any atom is -0.465 e. The van der Waals surface area contributed by atoms with Crippen molar-refractivity contribution in [1.82, 2.24) is 0 Å². The van der Waals surface area contributed by atoms with Crippen molar-refractivity contribution in [2.24, 2.45) is 0 Å². The molecule has 0 radical (unpaired) electrons. The molecule has 0 aliphatic rings. The van der Waals surface area contributed by atoms with Gasteiger partial charge in [-0.1, -0.05) is 35.9 Å². The molecule has 0 saturated carbocycles. The van der Waals surface area contributed by atoms with Crippen molar-refractivity contribution in [1.29, 1.82) is 0 Å². The smallest absolute Gasteiger partial charge is 0.338 e. The number of anilines is 1. The summed E-state index contributed by atoms with van der Waals surface area (Å²) in [6.45, 7) is 1.77. The normalized spacial score (nSPS) is 10.2. The molecule has 0 unspecified atom stereocenters. The lowest BCUT2D eigenvalue weighted by atomic mass is 10.1. The highest BCUT2D eigenvalue weighted by Gasteiger charge is 2.13. The quantitative estimate of drug-likeness (QED) is 0.842. The summed E-state index contributed by atoms with van der Waals surface area (Å²) in [5, 5.41) is 3.49. The van der Waals surface area contributed by atoms with Crippen molar-refractivity contribution in [3.63, 3.8) is 0 Å². The van der Waals surface area contributed by atoms with E-state index in [0.717, 1.165) is 5.56 Å². The predicted octanol–water partition coefficient (Wildman–Crippen LogP) is 4.01. The summed E-state index contributed by atoms with van der Waals surface area (Å²) in [7, 11) is 1.33. The van der Waals surface area contributed by atoms with Crippen molar-refractivity contribution in [3.05, 3.63) is 64.2 Å². The standard InChI is InChI=1S/C18H18ClNO3/c1-12-14(18(22)23-2)7-5-9-16(12)20-17(21)11-10-13-6-3-4-8-15(13)19/h3-9H,10-11H2,1-2H3,(H,20,21). The van der Waals surface area contributed by atoms with E-state index < -0.39 is 5.97 Å². The first-order chi connectivity index (χ1) is 11.0. The summed E-state index contributed by atoms with van der Waals surface area (Å²) < 4.78 is 4.73. The molecule has 2 aromatic carbocycles. The second kappa shape index (κ2) is 7.79. The lowest BCUT2D eigenvalue weighted by Crippen LogP contribution is -2.15. The van der Waals surface area contributed by atoms with E-state index in [1.165, 1.54) is 7.11 Å². The number of hydrogen-bond acceptors (Lipinski definition) is 3. The molecule has 0 fully saturated rings. The van der Waals surface area contributed by atoms with Crippen LogP contribution in [0.1, 0.15) is 27.9 Å². The van der Waals surface area contributed by atoms with Gasteiger partial charge in [0.2, 0.25) is 5.91 Å². The average molecular weight is 332 g/mol. The van der Waals surface area contributed by atoms with Gasteiger partial charge in [0.15, 0.2) is 0 Å². The maximum Gasteiger partial charge on any atom is 0.338 e. The molecular formula is C18H18ClNO3. The average Bonchev–Trinajstić information content (AvgIpc) is 2.55. The predicted molar refractivity (Wildman–Crippen MR) is 90.9 cm³/mol. The first-order valence-corrected chi connectivity index (χ1v) is 7.62. The number of nitrogens with one attached hydrogen (secondary N) is 1. The second-order valence-corrected chi connectivity index (χ2v) is 5.52. The van der Waals surface area contributed by atoms with Gasteiger partial charge >= 0.3 is 5.97 Å². The second-order valence-electron chi connectivity index (χ2n) is 5.11. The lowest BCUT2D eigenvalue weighted by molar-refractivity contribution is -0.116. The maximum absolute atomic E-state index is 12.1. The summed E-state index contributed by atoms with van der Waals surface area (Å²) in [6.07, 6.45) is 0.868. The number of benzene rings is 2. The zero-order valence-corrected chi connectivity index (χ0v) is 13.8. The molecule has 4 nitrogen and oxygen atoms in total. The van der Waals surface area contributed by atoms with Crippen molar-refractivity contribution in [2.75, 3.05) is 12.4 Å². The van der Waals surface area contributed by atoms with Crippen LogP contribution in [0, 0.1) is 6.92 Å². The minimum atomic E-state index is -0.422. The molecule has 0 saturated heterocycles. The van der Waals surface area contributed by atoms with Crippen LogP contribution < -0.4 is 5.32 Å². The Hall–Kier alpha value is -2.33. The monoisotopic (exact) mass is 331 g/mol. The fourth-order valence-corrected chi connectivity index (χ4v) is 2.49. The van der Waals surface area contributed by atoms with Gasteiger partial charge in [0.05, 0.1) is 12.7 Å². The lowest BCUT2D eigenvalue weighted by Gasteiger charge is -2.11. The van der Waals surface area contributed by atoms with Crippen molar-refractivity contribution in [2.45, 2.75) is 19.8 Å². The van der Waals surface area contributed by atoms with Crippen LogP contribution in [0.2, 0.25) is 5.02 Å². The number of methoxy groups -OCH3 is 1. The van der Waals surface area contributed by atoms with E-state index in [-0.39, 0.29) is 5.91 Å². The van der Waals surface area contributed by atoms with Gasteiger partial charge in [-0.15, -0.1) is 0 Å². The van der Waals surface area contributed by atoms with E-state index in [0.29, 0.717) is 34.7 Å². The highest BCUT2D eigenvalue weighted by Crippen LogP contribution is 2.21. The molecule has 0 aliphatic carbocycles. The Labute approximate surface area is 140 Å². The third kappa shape index (κ3) is 4.33. The molecule has 23 heavy (non-hydrogen) atoms. The first kappa shape index (κ1) is 17.0. The van der Waals surface area contributed by atoms with E-state index in [4.69, 9.17) is 16.3 Å². The summed E-state index contributed by atoms with van der Waals surface area (Å²) in [5.41, 5.74) is 2.67. The Balaban J connectivity index is 2.03. The molecular weight excluding hydrogens is 314 g/mol. The highest BCUT2D eigenvalue weighted by molar-refractivity contribution is 6.31. The molecule has 120 valence electrons. The van der Waals surface area contributed by atoms with Crippen LogP contribution in [0.5, 0.6) is 0 Å². The van der Waals surface area contributed by atoms with Crippen molar-refractivity contribution >= 4 is 29.2 Å². The van der Waals surface area contributed by atoms with Gasteiger partial charge in [0, 0.05) is 17.1 Å². The first-order valence-electron chi connectivity index (χ1n) is 7.24. The number of amides is 1. The summed E-state index contributed by atoms with van der Waals surface area (Å²) in [5.74, 6) is -0.551. The zero-order chi connectivity index (χ0) is 16.8. The molecule has 5 heteroatoms. The Morgan fingerprint density at radius 3 is 2.57 bits per heavy atom. The fraction of sp³-hybridized carbons (Fsp3) is 0.222. The van der Waals surface area contributed by atoms with Crippen LogP contribution in [-0.4, -0.2) is 19.0 Å². The Bertz CT molecular complexity index is 728. The Kier molecular flexibility index (Phi) is 5.77. The number of aryl methyl sites for hydroxylation is 1. The number of carbonyl (C=O) groups is 2. The Morgan fingerprint density at radius 2 is 1.87 bits per heavy atom. The van der Waals surface area contributed by atoms with Crippen LogP contribution in [0.15, 0.2) is 42.5 Å². The third-order valence-electron chi connectivity index (χ3n) is 3.59. The molecule has 2 aromatic rings. The molecule has 0 atom stereocenters. The maximum atomic E-state index is 12.1.